The van der Waals surface area contributed by atoms with Crippen molar-refractivity contribution in [2.24, 2.45) is 0 Å². The standard InChI is InChI=1S/C19H25NO/c1-16(12-13-17-8-4-3-5-9-17)20-15-14-18-10-6-7-11-19(18)21-2/h3-11,16,20H,12-15H2,1-2H3/p+1/t16-/m0/s1. The van der Waals surface area contributed by atoms with Crippen LogP contribution in [-0.4, -0.2) is 19.7 Å². The molecule has 0 aliphatic carbocycles. The van der Waals surface area contributed by atoms with E-state index in [1.807, 2.05) is 12.1 Å². The van der Waals surface area contributed by atoms with E-state index in [9.17, 15) is 0 Å². The SMILES string of the molecule is COc1ccccc1CC[NH2+][C@@H](C)CCc1ccccc1. The second kappa shape index (κ2) is 8.48. The number of aryl methyl sites for hydroxylation is 1. The third kappa shape index (κ3) is 5.24. The summed E-state index contributed by atoms with van der Waals surface area (Å²) in [7, 11) is 1.74. The summed E-state index contributed by atoms with van der Waals surface area (Å²) in [6.45, 7) is 3.42. The molecular weight excluding hydrogens is 258 g/mol. The third-order valence-corrected chi connectivity index (χ3v) is 3.91. The Morgan fingerprint density at radius 2 is 1.67 bits per heavy atom. The molecule has 0 fully saturated rings. The highest BCUT2D eigenvalue weighted by Gasteiger charge is 2.07. The Hall–Kier alpha value is -1.80. The fraction of sp³-hybridized carbons (Fsp3) is 0.368. The van der Waals surface area contributed by atoms with Gasteiger partial charge in [-0.05, 0) is 30.5 Å². The minimum absolute atomic E-state index is 0.653. The van der Waals surface area contributed by atoms with Crippen molar-refractivity contribution in [2.45, 2.75) is 32.2 Å². The third-order valence-electron chi connectivity index (χ3n) is 3.91. The van der Waals surface area contributed by atoms with E-state index in [4.69, 9.17) is 4.74 Å². The number of para-hydroxylation sites is 1. The molecule has 2 N–H and O–H groups in total. The first-order valence-corrected chi connectivity index (χ1v) is 7.78. The van der Waals surface area contributed by atoms with E-state index in [2.05, 4.69) is 54.7 Å². The topological polar surface area (TPSA) is 25.8 Å². The summed E-state index contributed by atoms with van der Waals surface area (Å²) < 4.78 is 5.39. The number of hydrogen-bond donors (Lipinski definition) is 1. The predicted molar refractivity (Wildman–Crippen MR) is 87.7 cm³/mol. The molecule has 0 aliphatic rings. The molecule has 2 aromatic carbocycles. The van der Waals surface area contributed by atoms with E-state index in [0.717, 1.165) is 25.1 Å². The molecule has 0 unspecified atom stereocenters. The summed E-state index contributed by atoms with van der Waals surface area (Å²) in [5, 5.41) is 2.44. The van der Waals surface area contributed by atoms with Crippen LogP contribution in [0.25, 0.3) is 0 Å². The molecule has 0 spiro atoms. The summed E-state index contributed by atoms with van der Waals surface area (Å²) in [6, 6.07) is 19.7. The Balaban J connectivity index is 1.70. The van der Waals surface area contributed by atoms with Gasteiger partial charge in [0.1, 0.15) is 5.75 Å². The molecule has 1 atom stereocenters. The Morgan fingerprint density at radius 3 is 2.43 bits per heavy atom. The number of hydrogen-bond acceptors (Lipinski definition) is 1. The molecule has 21 heavy (non-hydrogen) atoms. The molecule has 2 heteroatoms. The van der Waals surface area contributed by atoms with Gasteiger partial charge in [0.25, 0.3) is 0 Å². The first-order valence-electron chi connectivity index (χ1n) is 7.78. The van der Waals surface area contributed by atoms with Crippen molar-refractivity contribution in [2.75, 3.05) is 13.7 Å². The number of benzene rings is 2. The zero-order valence-electron chi connectivity index (χ0n) is 13.1. The highest BCUT2D eigenvalue weighted by molar-refractivity contribution is 5.33. The number of nitrogens with two attached hydrogens (primary N) is 1. The summed E-state index contributed by atoms with van der Waals surface area (Å²) in [5.41, 5.74) is 2.73. The number of methoxy groups -OCH3 is 1. The fourth-order valence-electron chi connectivity index (χ4n) is 2.59. The summed E-state index contributed by atoms with van der Waals surface area (Å²) in [6.07, 6.45) is 3.43. The van der Waals surface area contributed by atoms with Crippen LogP contribution >= 0.6 is 0 Å². The van der Waals surface area contributed by atoms with Crippen LogP contribution in [0.15, 0.2) is 54.6 Å². The molecule has 0 amide bonds. The van der Waals surface area contributed by atoms with Crippen LogP contribution in [0.3, 0.4) is 0 Å². The molecule has 0 aliphatic heterocycles. The lowest BCUT2D eigenvalue weighted by Gasteiger charge is -2.12. The van der Waals surface area contributed by atoms with Crippen molar-refractivity contribution in [3.63, 3.8) is 0 Å². The summed E-state index contributed by atoms with van der Waals surface area (Å²) in [4.78, 5) is 0. The molecule has 2 nitrogen and oxygen atoms in total. The normalized spacial score (nSPS) is 12.1. The van der Waals surface area contributed by atoms with Gasteiger partial charge in [0.15, 0.2) is 0 Å². The predicted octanol–water partition coefficient (Wildman–Crippen LogP) is 2.82. The summed E-state index contributed by atoms with van der Waals surface area (Å²) >= 11 is 0. The number of quaternary nitrogens is 1. The zero-order valence-corrected chi connectivity index (χ0v) is 13.1. The van der Waals surface area contributed by atoms with E-state index < -0.39 is 0 Å². The molecule has 112 valence electrons. The van der Waals surface area contributed by atoms with E-state index in [0.29, 0.717) is 6.04 Å². The van der Waals surface area contributed by atoms with Crippen molar-refractivity contribution in [1.82, 2.24) is 0 Å². The average Bonchev–Trinajstić information content (AvgIpc) is 2.54. The molecule has 0 aromatic heterocycles. The molecule has 2 rings (SSSR count). The van der Waals surface area contributed by atoms with Gasteiger partial charge in [0.2, 0.25) is 0 Å². The van der Waals surface area contributed by atoms with E-state index in [1.165, 1.54) is 17.5 Å². The van der Waals surface area contributed by atoms with Gasteiger partial charge in [-0.3, -0.25) is 0 Å². The molecule has 0 saturated carbocycles. The Labute approximate surface area is 128 Å². The molecule has 0 saturated heterocycles. The zero-order chi connectivity index (χ0) is 14.9. The van der Waals surface area contributed by atoms with Gasteiger partial charge >= 0.3 is 0 Å². The lowest BCUT2D eigenvalue weighted by molar-refractivity contribution is -0.686. The number of rotatable bonds is 8. The van der Waals surface area contributed by atoms with Crippen molar-refractivity contribution >= 4 is 0 Å². The quantitative estimate of drug-likeness (QED) is 0.792. The van der Waals surface area contributed by atoms with Gasteiger partial charge in [-0.25, -0.2) is 0 Å². The second-order valence-corrected chi connectivity index (χ2v) is 5.59. The monoisotopic (exact) mass is 284 g/mol. The highest BCUT2D eigenvalue weighted by atomic mass is 16.5. The molecule has 0 radical (unpaired) electrons. The largest absolute Gasteiger partial charge is 0.496 e. The lowest BCUT2D eigenvalue weighted by atomic mass is 10.1. The Kier molecular flexibility index (Phi) is 6.29. The van der Waals surface area contributed by atoms with Crippen LogP contribution in [0.5, 0.6) is 5.75 Å². The van der Waals surface area contributed by atoms with Crippen LogP contribution < -0.4 is 10.1 Å². The smallest absolute Gasteiger partial charge is 0.122 e. The maximum absolute atomic E-state index is 5.39. The number of ether oxygens (including phenoxy) is 1. The molecule has 0 bridgehead atoms. The van der Waals surface area contributed by atoms with Gasteiger partial charge in [0.05, 0.1) is 19.7 Å². The van der Waals surface area contributed by atoms with Gasteiger partial charge in [0, 0.05) is 12.8 Å². The van der Waals surface area contributed by atoms with Crippen molar-refractivity contribution < 1.29 is 10.1 Å². The second-order valence-electron chi connectivity index (χ2n) is 5.59. The van der Waals surface area contributed by atoms with Crippen LogP contribution in [-0.2, 0) is 12.8 Å². The maximum atomic E-state index is 5.39. The summed E-state index contributed by atoms with van der Waals surface area (Å²) in [5.74, 6) is 1.00. The average molecular weight is 284 g/mol. The molecule has 2 aromatic rings. The maximum Gasteiger partial charge on any atom is 0.122 e. The fourth-order valence-corrected chi connectivity index (χ4v) is 2.59. The molecular formula is C19H26NO+. The van der Waals surface area contributed by atoms with Crippen molar-refractivity contribution in [1.29, 1.82) is 0 Å². The minimum Gasteiger partial charge on any atom is -0.496 e. The van der Waals surface area contributed by atoms with Crippen molar-refractivity contribution in [3.05, 3.63) is 65.7 Å². The Bertz CT molecular complexity index is 524. The van der Waals surface area contributed by atoms with Crippen LogP contribution in [0.1, 0.15) is 24.5 Å². The molecule has 0 heterocycles. The van der Waals surface area contributed by atoms with E-state index in [-0.39, 0.29) is 0 Å². The Morgan fingerprint density at radius 1 is 0.952 bits per heavy atom. The lowest BCUT2D eigenvalue weighted by Crippen LogP contribution is -2.89. The first kappa shape index (κ1) is 15.6. The van der Waals surface area contributed by atoms with Crippen molar-refractivity contribution in [3.8, 4) is 5.75 Å². The first-order chi connectivity index (χ1) is 10.3. The minimum atomic E-state index is 0.653. The van der Waals surface area contributed by atoms with Gasteiger partial charge in [-0.2, -0.15) is 0 Å². The van der Waals surface area contributed by atoms with Gasteiger partial charge < -0.3 is 10.1 Å². The van der Waals surface area contributed by atoms with Gasteiger partial charge in [-0.15, -0.1) is 0 Å². The van der Waals surface area contributed by atoms with E-state index in [1.54, 1.807) is 7.11 Å². The van der Waals surface area contributed by atoms with Crippen LogP contribution in [0.2, 0.25) is 0 Å². The van der Waals surface area contributed by atoms with Crippen LogP contribution in [0.4, 0.5) is 0 Å². The van der Waals surface area contributed by atoms with E-state index >= 15 is 0 Å². The van der Waals surface area contributed by atoms with Gasteiger partial charge in [-0.1, -0.05) is 48.5 Å². The highest BCUT2D eigenvalue weighted by Crippen LogP contribution is 2.16. The van der Waals surface area contributed by atoms with Crippen LogP contribution in [0, 0.1) is 0 Å².